The van der Waals surface area contributed by atoms with Gasteiger partial charge in [-0.15, -0.1) is 0 Å². The first-order valence-electron chi connectivity index (χ1n) is 9.02. The Balaban J connectivity index is 1.87. The fraction of sp³-hybridized carbons (Fsp3) is 0.333. The van der Waals surface area contributed by atoms with Crippen LogP contribution in [-0.4, -0.2) is 31.2 Å². The first-order valence-corrected chi connectivity index (χ1v) is 9.40. The number of hydrogen-bond donors (Lipinski definition) is 1. The van der Waals surface area contributed by atoms with Gasteiger partial charge in [-0.25, -0.2) is 4.79 Å². The van der Waals surface area contributed by atoms with Gasteiger partial charge in [0.2, 0.25) is 0 Å². The second kappa shape index (κ2) is 10.6. The summed E-state index contributed by atoms with van der Waals surface area (Å²) in [5.41, 5.74) is 1.31. The number of halogens is 1. The summed E-state index contributed by atoms with van der Waals surface area (Å²) in [4.78, 5) is 24.3. The fourth-order valence-electron chi connectivity index (χ4n) is 2.30. The van der Waals surface area contributed by atoms with Crippen LogP contribution in [0.1, 0.15) is 25.8 Å². The molecular formula is C21H24ClNO5. The summed E-state index contributed by atoms with van der Waals surface area (Å²) in [5.74, 6) is -0.111. The van der Waals surface area contributed by atoms with Gasteiger partial charge in [0.05, 0.1) is 6.61 Å². The van der Waals surface area contributed by atoms with Crippen molar-refractivity contribution < 1.29 is 23.8 Å². The van der Waals surface area contributed by atoms with Crippen LogP contribution < -0.4 is 14.8 Å². The Hall–Kier alpha value is -2.73. The van der Waals surface area contributed by atoms with Crippen LogP contribution in [0.25, 0.3) is 0 Å². The number of para-hydroxylation sites is 2. The van der Waals surface area contributed by atoms with Crippen molar-refractivity contribution >= 4 is 29.2 Å². The van der Waals surface area contributed by atoms with Crippen molar-refractivity contribution in [2.45, 2.75) is 33.3 Å². The molecule has 0 bridgehead atoms. The molecule has 0 saturated carbocycles. The van der Waals surface area contributed by atoms with Crippen LogP contribution in [0.15, 0.2) is 42.5 Å². The van der Waals surface area contributed by atoms with E-state index < -0.39 is 18.0 Å². The Labute approximate surface area is 169 Å². The maximum atomic E-state index is 12.3. The second-order valence-corrected chi connectivity index (χ2v) is 6.52. The summed E-state index contributed by atoms with van der Waals surface area (Å²) in [7, 11) is 0. The molecule has 0 aliphatic rings. The van der Waals surface area contributed by atoms with Crippen LogP contribution in [0.5, 0.6) is 11.5 Å². The zero-order valence-electron chi connectivity index (χ0n) is 16.2. The molecule has 1 N–H and O–H groups in total. The third-order valence-electron chi connectivity index (χ3n) is 3.86. The number of amides is 1. The summed E-state index contributed by atoms with van der Waals surface area (Å²) < 4.78 is 16.2. The summed E-state index contributed by atoms with van der Waals surface area (Å²) in [5, 5.41) is 3.24. The van der Waals surface area contributed by atoms with Crippen molar-refractivity contribution in [3.8, 4) is 11.5 Å². The van der Waals surface area contributed by atoms with Gasteiger partial charge in [0.1, 0.15) is 0 Å². The Morgan fingerprint density at radius 1 is 1.07 bits per heavy atom. The number of ether oxygens (including phenoxy) is 3. The Kier molecular flexibility index (Phi) is 8.14. The first-order chi connectivity index (χ1) is 13.4. The van der Waals surface area contributed by atoms with Gasteiger partial charge in [0.15, 0.2) is 24.2 Å². The topological polar surface area (TPSA) is 73.9 Å². The molecule has 6 nitrogen and oxygen atoms in total. The molecule has 0 fully saturated rings. The number of carbonyl (C=O) groups is 2. The van der Waals surface area contributed by atoms with E-state index in [1.165, 1.54) is 6.92 Å². The van der Waals surface area contributed by atoms with Crippen molar-refractivity contribution in [2.24, 2.45) is 0 Å². The highest BCUT2D eigenvalue weighted by atomic mass is 35.5. The van der Waals surface area contributed by atoms with Crippen molar-refractivity contribution in [1.29, 1.82) is 0 Å². The average molecular weight is 406 g/mol. The molecule has 0 saturated heterocycles. The number of rotatable bonds is 9. The van der Waals surface area contributed by atoms with Crippen LogP contribution in [0, 0.1) is 6.92 Å². The van der Waals surface area contributed by atoms with E-state index in [1.807, 2.05) is 13.0 Å². The molecule has 2 aromatic rings. The lowest BCUT2D eigenvalue weighted by Crippen LogP contribution is -2.31. The van der Waals surface area contributed by atoms with Crippen molar-refractivity contribution in [3.63, 3.8) is 0 Å². The number of hydrogen-bond acceptors (Lipinski definition) is 5. The third kappa shape index (κ3) is 6.16. The predicted octanol–water partition coefficient (Wildman–Crippen LogP) is 4.39. The molecule has 2 aromatic carbocycles. The second-order valence-electron chi connectivity index (χ2n) is 6.12. The van der Waals surface area contributed by atoms with Crippen LogP contribution in [-0.2, 0) is 14.3 Å². The molecule has 0 aliphatic heterocycles. The summed E-state index contributed by atoms with van der Waals surface area (Å²) >= 11 is 6.04. The van der Waals surface area contributed by atoms with Gasteiger partial charge in [-0.2, -0.15) is 0 Å². The molecule has 28 heavy (non-hydrogen) atoms. The lowest BCUT2D eigenvalue weighted by atomic mass is 10.2. The number of carbonyl (C=O) groups excluding carboxylic acids is 2. The number of nitrogens with one attached hydrogen (secondary N) is 1. The number of esters is 1. The highest BCUT2D eigenvalue weighted by Crippen LogP contribution is 2.26. The molecule has 0 unspecified atom stereocenters. The number of anilines is 1. The highest BCUT2D eigenvalue weighted by molar-refractivity contribution is 6.31. The van der Waals surface area contributed by atoms with Crippen LogP contribution in [0.4, 0.5) is 5.69 Å². The molecule has 0 radical (unpaired) electrons. The minimum atomic E-state index is -0.985. The third-order valence-corrected chi connectivity index (χ3v) is 4.27. The normalized spacial score (nSPS) is 11.4. The molecule has 150 valence electrons. The SMILES string of the molecule is CCCOc1ccccc1OCC(=O)O[C@@H](C)C(=O)Nc1cccc(Cl)c1C. The van der Waals surface area contributed by atoms with E-state index >= 15 is 0 Å². The molecule has 0 aromatic heterocycles. The van der Waals surface area contributed by atoms with Crippen LogP contribution in [0.3, 0.4) is 0 Å². The summed E-state index contributed by atoms with van der Waals surface area (Å²) in [6, 6.07) is 12.3. The summed E-state index contributed by atoms with van der Waals surface area (Å²) in [6.07, 6.45) is -0.129. The Morgan fingerprint density at radius 2 is 1.75 bits per heavy atom. The van der Waals surface area contributed by atoms with E-state index in [1.54, 1.807) is 43.3 Å². The van der Waals surface area contributed by atoms with Crippen LogP contribution >= 0.6 is 11.6 Å². The molecule has 2 rings (SSSR count). The van der Waals surface area contributed by atoms with Crippen molar-refractivity contribution in [1.82, 2.24) is 0 Å². The molecule has 0 spiro atoms. The average Bonchev–Trinajstić information content (AvgIpc) is 2.68. The van der Waals surface area contributed by atoms with Gasteiger partial charge in [-0.3, -0.25) is 4.79 Å². The minimum Gasteiger partial charge on any atom is -0.490 e. The monoisotopic (exact) mass is 405 g/mol. The highest BCUT2D eigenvalue weighted by Gasteiger charge is 2.19. The maximum Gasteiger partial charge on any atom is 0.344 e. The van der Waals surface area contributed by atoms with Gasteiger partial charge in [-0.05, 0) is 50.1 Å². The van der Waals surface area contributed by atoms with E-state index in [2.05, 4.69) is 5.32 Å². The van der Waals surface area contributed by atoms with E-state index in [0.717, 1.165) is 12.0 Å². The zero-order valence-corrected chi connectivity index (χ0v) is 16.9. The van der Waals surface area contributed by atoms with Crippen LogP contribution in [0.2, 0.25) is 5.02 Å². The van der Waals surface area contributed by atoms with Gasteiger partial charge >= 0.3 is 5.97 Å². The molecular weight excluding hydrogens is 382 g/mol. The van der Waals surface area contributed by atoms with E-state index in [9.17, 15) is 9.59 Å². The van der Waals surface area contributed by atoms with Gasteiger partial charge in [-0.1, -0.05) is 36.7 Å². The van der Waals surface area contributed by atoms with Gasteiger partial charge in [0, 0.05) is 10.7 Å². The lowest BCUT2D eigenvalue weighted by Gasteiger charge is -2.16. The maximum absolute atomic E-state index is 12.3. The fourth-order valence-corrected chi connectivity index (χ4v) is 2.47. The Bertz CT molecular complexity index is 824. The first kappa shape index (κ1) is 21.6. The standard InChI is InChI=1S/C21H24ClNO5/c1-4-12-26-18-10-5-6-11-19(18)27-13-20(24)28-15(3)21(25)23-17-9-7-8-16(22)14(17)2/h5-11,15H,4,12-13H2,1-3H3,(H,23,25)/t15-/m0/s1. The minimum absolute atomic E-state index is 0.333. The molecule has 1 atom stereocenters. The van der Waals surface area contributed by atoms with E-state index in [4.69, 9.17) is 25.8 Å². The zero-order chi connectivity index (χ0) is 20.5. The smallest absolute Gasteiger partial charge is 0.344 e. The van der Waals surface area contributed by atoms with Gasteiger partial charge in [0.25, 0.3) is 5.91 Å². The van der Waals surface area contributed by atoms with Crippen molar-refractivity contribution in [3.05, 3.63) is 53.1 Å². The number of benzene rings is 2. The molecule has 7 heteroatoms. The van der Waals surface area contributed by atoms with Gasteiger partial charge < -0.3 is 19.5 Å². The largest absolute Gasteiger partial charge is 0.490 e. The van der Waals surface area contributed by atoms with Crippen molar-refractivity contribution in [2.75, 3.05) is 18.5 Å². The molecule has 0 heterocycles. The molecule has 1 amide bonds. The molecule has 0 aliphatic carbocycles. The van der Waals surface area contributed by atoms with E-state index in [-0.39, 0.29) is 6.61 Å². The lowest BCUT2D eigenvalue weighted by molar-refractivity contribution is -0.155. The van der Waals surface area contributed by atoms with E-state index in [0.29, 0.717) is 28.8 Å². The predicted molar refractivity (Wildman–Crippen MR) is 108 cm³/mol. The quantitative estimate of drug-likeness (QED) is 0.626. The Morgan fingerprint density at radius 3 is 2.43 bits per heavy atom. The summed E-state index contributed by atoms with van der Waals surface area (Å²) in [6.45, 7) is 5.50.